The Labute approximate surface area is 176 Å². The Morgan fingerprint density at radius 3 is 2.65 bits per heavy atom. The van der Waals surface area contributed by atoms with Crippen LogP contribution in [0.5, 0.6) is 11.5 Å². The lowest BCUT2D eigenvalue weighted by Crippen LogP contribution is -2.16. The molecule has 0 aliphatic rings. The molecular weight excluding hydrogens is 439 g/mol. The average Bonchev–Trinajstić information content (AvgIpc) is 3.11. The van der Waals surface area contributed by atoms with Crippen LogP contribution in [-0.4, -0.2) is 50.1 Å². The maximum Gasteiger partial charge on any atom is 0.573 e. The number of fused-ring (bicyclic) bond motifs is 1. The van der Waals surface area contributed by atoms with Gasteiger partial charge in [-0.2, -0.15) is 0 Å². The zero-order valence-electron chi connectivity index (χ0n) is 16.7. The van der Waals surface area contributed by atoms with Crippen LogP contribution in [-0.2, 0) is 20.3 Å². The topological polar surface area (TPSA) is 103 Å². The Bertz CT molecular complexity index is 1160. The van der Waals surface area contributed by atoms with E-state index in [2.05, 4.69) is 19.7 Å². The number of nitrogens with zero attached hydrogens (tertiary/aromatic N) is 2. The molecular formula is C19H20F3N3O5S. The van der Waals surface area contributed by atoms with Crippen LogP contribution >= 0.6 is 0 Å². The van der Waals surface area contributed by atoms with Crippen LogP contribution in [0.4, 0.5) is 13.2 Å². The number of nitrogens with one attached hydrogen (secondary N) is 1. The predicted molar refractivity (Wildman–Crippen MR) is 105 cm³/mol. The number of halogens is 3. The maximum atomic E-state index is 12.8. The van der Waals surface area contributed by atoms with E-state index >= 15 is 0 Å². The first-order chi connectivity index (χ1) is 14.6. The Morgan fingerprint density at radius 1 is 1.16 bits per heavy atom. The SMILES string of the molecule is COCCCOc1ccnc(CS(=O)(=O)c2nc3ccc(OC(F)(F)F)cc3[nH]2)c1C. The molecule has 12 heteroatoms. The van der Waals surface area contributed by atoms with Crippen molar-refractivity contribution in [2.75, 3.05) is 20.3 Å². The highest BCUT2D eigenvalue weighted by Gasteiger charge is 2.31. The van der Waals surface area contributed by atoms with Gasteiger partial charge in [0.05, 0.1) is 23.3 Å². The van der Waals surface area contributed by atoms with Gasteiger partial charge in [-0.25, -0.2) is 13.4 Å². The number of sulfone groups is 1. The normalized spacial score (nSPS) is 12.3. The van der Waals surface area contributed by atoms with Gasteiger partial charge in [0.1, 0.15) is 17.3 Å². The molecule has 0 bridgehead atoms. The first kappa shape index (κ1) is 22.8. The van der Waals surface area contributed by atoms with Crippen molar-refractivity contribution in [1.82, 2.24) is 15.0 Å². The Hall–Kier alpha value is -2.86. The molecule has 3 aromatic rings. The molecule has 0 radical (unpaired) electrons. The average molecular weight is 459 g/mol. The second kappa shape index (κ2) is 9.10. The molecule has 0 amide bonds. The van der Waals surface area contributed by atoms with Gasteiger partial charge in [-0.3, -0.25) is 4.98 Å². The fraction of sp³-hybridized carbons (Fsp3) is 0.368. The van der Waals surface area contributed by atoms with E-state index in [9.17, 15) is 21.6 Å². The van der Waals surface area contributed by atoms with Crippen molar-refractivity contribution < 1.29 is 35.8 Å². The van der Waals surface area contributed by atoms with Crippen molar-refractivity contribution in [3.63, 3.8) is 0 Å². The molecule has 2 aromatic heterocycles. The van der Waals surface area contributed by atoms with Gasteiger partial charge in [0, 0.05) is 38.0 Å². The smallest absolute Gasteiger partial charge is 0.493 e. The van der Waals surface area contributed by atoms with Crippen LogP contribution < -0.4 is 9.47 Å². The van der Waals surface area contributed by atoms with Crippen molar-refractivity contribution in [3.8, 4) is 11.5 Å². The van der Waals surface area contributed by atoms with Crippen LogP contribution in [0.3, 0.4) is 0 Å². The summed E-state index contributed by atoms with van der Waals surface area (Å²) < 4.78 is 77.3. The second-order valence-electron chi connectivity index (χ2n) is 6.60. The number of pyridine rings is 1. The summed E-state index contributed by atoms with van der Waals surface area (Å²) in [7, 11) is -2.37. The number of ether oxygens (including phenoxy) is 3. The van der Waals surface area contributed by atoms with E-state index in [1.54, 1.807) is 20.1 Å². The minimum absolute atomic E-state index is 0.0974. The number of aromatic amines is 1. The maximum absolute atomic E-state index is 12.8. The lowest BCUT2D eigenvalue weighted by molar-refractivity contribution is -0.274. The van der Waals surface area contributed by atoms with E-state index < -0.39 is 27.7 Å². The lowest BCUT2D eigenvalue weighted by Gasteiger charge is -2.11. The van der Waals surface area contributed by atoms with Crippen molar-refractivity contribution in [2.45, 2.75) is 30.6 Å². The molecule has 168 valence electrons. The predicted octanol–water partition coefficient (Wildman–Crippen LogP) is 3.55. The van der Waals surface area contributed by atoms with E-state index in [-0.39, 0.29) is 21.9 Å². The summed E-state index contributed by atoms with van der Waals surface area (Å²) in [6, 6.07) is 4.97. The zero-order valence-corrected chi connectivity index (χ0v) is 17.5. The summed E-state index contributed by atoms with van der Waals surface area (Å²) >= 11 is 0. The summed E-state index contributed by atoms with van der Waals surface area (Å²) in [5.74, 6) is -0.432. The van der Waals surface area contributed by atoms with E-state index in [0.29, 0.717) is 30.9 Å². The van der Waals surface area contributed by atoms with E-state index in [4.69, 9.17) is 9.47 Å². The number of methoxy groups -OCH3 is 1. The second-order valence-corrected chi connectivity index (χ2v) is 8.51. The van der Waals surface area contributed by atoms with E-state index in [1.165, 1.54) is 12.3 Å². The summed E-state index contributed by atoms with van der Waals surface area (Å²) in [6.07, 6.45) is -2.74. The molecule has 2 heterocycles. The summed E-state index contributed by atoms with van der Waals surface area (Å²) in [5.41, 5.74) is 1.14. The lowest BCUT2D eigenvalue weighted by atomic mass is 10.2. The molecule has 3 rings (SSSR count). The third-order valence-corrected chi connectivity index (χ3v) is 5.73. The molecule has 0 unspecified atom stereocenters. The van der Waals surface area contributed by atoms with Crippen LogP contribution in [0.1, 0.15) is 17.7 Å². The third kappa shape index (κ3) is 5.85. The molecule has 0 saturated heterocycles. The molecule has 0 saturated carbocycles. The first-order valence-corrected chi connectivity index (χ1v) is 10.8. The van der Waals surface area contributed by atoms with Crippen molar-refractivity contribution in [2.24, 2.45) is 0 Å². The zero-order chi connectivity index (χ0) is 22.6. The monoisotopic (exact) mass is 459 g/mol. The standard InChI is InChI=1S/C19H20F3N3O5S/c1-12-16(23-7-6-17(12)29-9-3-8-28-2)11-31(26,27)18-24-14-5-4-13(10-15(14)25-18)30-19(20,21)22/h4-7,10H,3,8-9,11H2,1-2H3,(H,24,25). The molecule has 0 fully saturated rings. The third-order valence-electron chi connectivity index (χ3n) is 4.30. The number of hydrogen-bond donors (Lipinski definition) is 1. The number of imidazole rings is 1. The molecule has 0 aliphatic carbocycles. The number of aromatic nitrogens is 3. The molecule has 0 atom stereocenters. The highest BCUT2D eigenvalue weighted by molar-refractivity contribution is 7.90. The van der Waals surface area contributed by atoms with Crippen molar-refractivity contribution in [3.05, 3.63) is 41.7 Å². The van der Waals surface area contributed by atoms with Crippen molar-refractivity contribution >= 4 is 20.9 Å². The molecule has 0 spiro atoms. The highest BCUT2D eigenvalue weighted by Crippen LogP contribution is 2.27. The van der Waals surface area contributed by atoms with Gasteiger partial charge in [-0.1, -0.05) is 0 Å². The largest absolute Gasteiger partial charge is 0.573 e. The number of benzene rings is 1. The van der Waals surface area contributed by atoms with Gasteiger partial charge in [-0.15, -0.1) is 13.2 Å². The number of hydrogen-bond acceptors (Lipinski definition) is 7. The summed E-state index contributed by atoms with van der Waals surface area (Å²) in [4.78, 5) is 10.7. The summed E-state index contributed by atoms with van der Waals surface area (Å²) in [6.45, 7) is 2.63. The molecule has 0 aliphatic heterocycles. The van der Waals surface area contributed by atoms with Gasteiger partial charge < -0.3 is 19.2 Å². The molecule has 1 N–H and O–H groups in total. The van der Waals surface area contributed by atoms with Crippen molar-refractivity contribution in [1.29, 1.82) is 0 Å². The van der Waals surface area contributed by atoms with Crippen LogP contribution in [0.25, 0.3) is 11.0 Å². The van der Waals surface area contributed by atoms with Gasteiger partial charge >= 0.3 is 6.36 Å². The van der Waals surface area contributed by atoms with Gasteiger partial charge in [0.2, 0.25) is 15.0 Å². The number of H-pyrrole nitrogens is 1. The Morgan fingerprint density at radius 2 is 1.94 bits per heavy atom. The molecule has 31 heavy (non-hydrogen) atoms. The van der Waals surface area contributed by atoms with Gasteiger partial charge in [0.15, 0.2) is 0 Å². The van der Waals surface area contributed by atoms with Gasteiger partial charge in [-0.05, 0) is 25.1 Å². The van der Waals surface area contributed by atoms with Crippen LogP contribution in [0.15, 0.2) is 35.6 Å². The fourth-order valence-corrected chi connectivity index (χ4v) is 4.09. The number of alkyl halides is 3. The first-order valence-electron chi connectivity index (χ1n) is 9.13. The van der Waals surface area contributed by atoms with Crippen LogP contribution in [0, 0.1) is 6.92 Å². The molecule has 1 aromatic carbocycles. The highest BCUT2D eigenvalue weighted by atomic mass is 32.2. The minimum Gasteiger partial charge on any atom is -0.493 e. The quantitative estimate of drug-likeness (QED) is 0.488. The van der Waals surface area contributed by atoms with E-state index in [1.807, 2.05) is 0 Å². The number of rotatable bonds is 9. The van der Waals surface area contributed by atoms with Gasteiger partial charge in [0.25, 0.3) is 0 Å². The van der Waals surface area contributed by atoms with E-state index in [0.717, 1.165) is 12.1 Å². The minimum atomic E-state index is -4.86. The summed E-state index contributed by atoms with van der Waals surface area (Å²) in [5, 5.41) is -0.376. The Kier molecular flexibility index (Phi) is 6.70. The van der Waals surface area contributed by atoms with Crippen LogP contribution in [0.2, 0.25) is 0 Å². The Balaban J connectivity index is 1.81. The molecule has 8 nitrogen and oxygen atoms in total. The fourth-order valence-electron chi connectivity index (χ4n) is 2.80.